The van der Waals surface area contributed by atoms with E-state index in [4.69, 9.17) is 4.74 Å². The molecule has 1 aromatic heterocycles. The average molecular weight is 634 g/mol. The molecule has 5 rings (SSSR count). The lowest BCUT2D eigenvalue weighted by atomic mass is 9.97. The van der Waals surface area contributed by atoms with Crippen LogP contribution in [0.2, 0.25) is 0 Å². The smallest absolute Gasteiger partial charge is 0.416 e. The summed E-state index contributed by atoms with van der Waals surface area (Å²) in [5, 5.41) is 19.1. The predicted molar refractivity (Wildman–Crippen MR) is 157 cm³/mol. The molecule has 4 aromatic rings. The van der Waals surface area contributed by atoms with Gasteiger partial charge < -0.3 is 15.4 Å². The molecule has 228 valence electrons. The maximum atomic E-state index is 13.8. The number of thioether (sulfide) groups is 1. The van der Waals surface area contributed by atoms with Crippen LogP contribution in [-0.2, 0) is 31.0 Å². The summed E-state index contributed by atoms with van der Waals surface area (Å²) in [7, 11) is 0. The topological polar surface area (TPSA) is 143 Å². The standard InChI is InChI=1S/C31H22F3N5O5S/c1-2-44-30(43)29(42)37-19-11-12-24-21(14-19)26-23(16-45-24)25(38-39(26)20-9-4-3-5-10-20)27(40)22(15-35)28(41)36-18-8-6-7-17(13-18)31(32,33)34/h3-14,22H,2,16H2,1H3,(H,36,41)(H,37,42). The van der Waals surface area contributed by atoms with Gasteiger partial charge in [0, 0.05) is 33.2 Å². The van der Waals surface area contributed by atoms with Gasteiger partial charge in [-0.1, -0.05) is 24.3 Å². The number of nitriles is 1. The van der Waals surface area contributed by atoms with E-state index in [-0.39, 0.29) is 29.4 Å². The summed E-state index contributed by atoms with van der Waals surface area (Å²) >= 11 is 1.35. The summed E-state index contributed by atoms with van der Waals surface area (Å²) in [5.74, 6) is -5.78. The number of nitrogens with one attached hydrogen (secondary N) is 2. The van der Waals surface area contributed by atoms with Crippen LogP contribution in [0.25, 0.3) is 16.9 Å². The zero-order valence-electron chi connectivity index (χ0n) is 23.3. The molecule has 2 heterocycles. The van der Waals surface area contributed by atoms with Gasteiger partial charge in [-0.25, -0.2) is 9.48 Å². The van der Waals surface area contributed by atoms with Gasteiger partial charge in [0.2, 0.25) is 11.7 Å². The van der Waals surface area contributed by atoms with E-state index >= 15 is 0 Å². The van der Waals surface area contributed by atoms with Gasteiger partial charge in [-0.2, -0.15) is 23.5 Å². The molecule has 0 saturated heterocycles. The predicted octanol–water partition coefficient (Wildman–Crippen LogP) is 5.63. The zero-order valence-corrected chi connectivity index (χ0v) is 24.2. The van der Waals surface area contributed by atoms with Crippen molar-refractivity contribution in [3.63, 3.8) is 0 Å². The number of alkyl halides is 3. The van der Waals surface area contributed by atoms with Gasteiger partial charge in [0.1, 0.15) is 5.69 Å². The number of carbonyl (C=O) groups is 4. The van der Waals surface area contributed by atoms with Crippen molar-refractivity contribution in [3.8, 4) is 23.0 Å². The summed E-state index contributed by atoms with van der Waals surface area (Å²) in [6.07, 6.45) is -4.66. The second-order valence-corrected chi connectivity index (χ2v) is 10.6. The maximum absolute atomic E-state index is 13.8. The number of amides is 2. The zero-order chi connectivity index (χ0) is 32.3. The lowest BCUT2D eigenvalue weighted by molar-refractivity contribution is -0.152. The number of anilines is 2. The molecule has 0 radical (unpaired) electrons. The second-order valence-electron chi connectivity index (χ2n) is 9.59. The summed E-state index contributed by atoms with van der Waals surface area (Å²) in [6, 6.07) is 19.2. The summed E-state index contributed by atoms with van der Waals surface area (Å²) in [6.45, 7) is 1.59. The molecule has 0 aliphatic carbocycles. The first kappa shape index (κ1) is 31.0. The highest BCUT2D eigenvalue weighted by molar-refractivity contribution is 7.98. The fourth-order valence-electron chi connectivity index (χ4n) is 4.63. The van der Waals surface area contributed by atoms with Gasteiger partial charge >= 0.3 is 18.1 Å². The van der Waals surface area contributed by atoms with E-state index in [2.05, 4.69) is 15.7 Å². The van der Waals surface area contributed by atoms with Crippen LogP contribution in [0.5, 0.6) is 0 Å². The molecule has 45 heavy (non-hydrogen) atoms. The summed E-state index contributed by atoms with van der Waals surface area (Å²) in [4.78, 5) is 51.8. The number of carbonyl (C=O) groups excluding carboxylic acids is 4. The summed E-state index contributed by atoms with van der Waals surface area (Å²) < 4.78 is 45.7. The van der Waals surface area contributed by atoms with E-state index < -0.39 is 41.2 Å². The first-order chi connectivity index (χ1) is 21.5. The molecule has 2 amide bonds. The van der Waals surface area contributed by atoms with Crippen LogP contribution in [0, 0.1) is 17.2 Å². The largest absolute Gasteiger partial charge is 0.459 e. The van der Waals surface area contributed by atoms with Crippen molar-refractivity contribution in [2.45, 2.75) is 23.7 Å². The second kappa shape index (κ2) is 12.7. The van der Waals surface area contributed by atoms with Crippen molar-refractivity contribution in [2.75, 3.05) is 17.2 Å². The van der Waals surface area contributed by atoms with Gasteiger partial charge in [0.05, 0.1) is 29.6 Å². The van der Waals surface area contributed by atoms with Crippen LogP contribution in [0.15, 0.2) is 77.7 Å². The van der Waals surface area contributed by atoms with Crippen molar-refractivity contribution in [1.82, 2.24) is 9.78 Å². The lowest BCUT2D eigenvalue weighted by Gasteiger charge is -2.19. The number of Topliss-reactive ketones (excluding diaryl/α,β-unsaturated/α-hetero) is 1. The number of esters is 1. The normalized spacial score (nSPS) is 12.6. The number of halogens is 3. The molecule has 0 saturated carbocycles. The Kier molecular flexibility index (Phi) is 8.73. The third-order valence-corrected chi connectivity index (χ3v) is 7.75. The minimum absolute atomic E-state index is 0.0190. The Balaban J connectivity index is 1.53. The molecule has 1 aliphatic rings. The molecule has 2 N–H and O–H groups in total. The number of hydrogen-bond donors (Lipinski definition) is 2. The van der Waals surface area contributed by atoms with Crippen LogP contribution < -0.4 is 10.6 Å². The van der Waals surface area contributed by atoms with Crippen molar-refractivity contribution >= 4 is 46.7 Å². The Morgan fingerprint density at radius 3 is 2.44 bits per heavy atom. The Bertz CT molecular complexity index is 1870. The van der Waals surface area contributed by atoms with E-state index in [1.807, 2.05) is 0 Å². The minimum atomic E-state index is -4.66. The SMILES string of the molecule is CCOC(=O)C(=O)Nc1ccc2c(c1)-c1c(c(C(=O)C(C#N)C(=O)Nc3cccc(C(F)(F)F)c3)nn1-c1ccccc1)CS2. The van der Waals surface area contributed by atoms with Crippen molar-refractivity contribution in [2.24, 2.45) is 5.92 Å². The number of nitrogens with zero attached hydrogens (tertiary/aromatic N) is 3. The van der Waals surface area contributed by atoms with Crippen LogP contribution in [0.1, 0.15) is 28.5 Å². The Morgan fingerprint density at radius 2 is 1.76 bits per heavy atom. The number of aromatic nitrogens is 2. The number of ketones is 1. The molecule has 10 nitrogen and oxygen atoms in total. The molecule has 1 unspecified atom stereocenters. The molecule has 1 aliphatic heterocycles. The molecule has 0 spiro atoms. The highest BCUT2D eigenvalue weighted by Gasteiger charge is 2.36. The first-order valence-electron chi connectivity index (χ1n) is 13.4. The molecule has 3 aromatic carbocycles. The highest BCUT2D eigenvalue weighted by atomic mass is 32.2. The van der Waals surface area contributed by atoms with Gasteiger partial charge in [0.15, 0.2) is 5.92 Å². The van der Waals surface area contributed by atoms with Gasteiger partial charge in [-0.3, -0.25) is 14.4 Å². The summed E-state index contributed by atoms with van der Waals surface area (Å²) in [5.41, 5.74) is 0.825. The maximum Gasteiger partial charge on any atom is 0.416 e. The van der Waals surface area contributed by atoms with Crippen molar-refractivity contribution < 1.29 is 37.1 Å². The number of para-hydroxylation sites is 1. The molecule has 1 atom stereocenters. The van der Waals surface area contributed by atoms with E-state index in [1.54, 1.807) is 61.5 Å². The van der Waals surface area contributed by atoms with Crippen LogP contribution in [0.3, 0.4) is 0 Å². The van der Waals surface area contributed by atoms with E-state index in [9.17, 15) is 37.6 Å². The molecule has 0 bridgehead atoms. The van der Waals surface area contributed by atoms with Crippen molar-refractivity contribution in [3.05, 3.63) is 89.6 Å². The van der Waals surface area contributed by atoms with Crippen molar-refractivity contribution in [1.29, 1.82) is 5.26 Å². The molecule has 14 heteroatoms. The average Bonchev–Trinajstić information content (AvgIpc) is 3.42. The number of hydrogen-bond acceptors (Lipinski definition) is 8. The fourth-order valence-corrected chi connectivity index (χ4v) is 5.67. The number of benzene rings is 3. The quantitative estimate of drug-likeness (QED) is 0.115. The monoisotopic (exact) mass is 633 g/mol. The molecular formula is C31H22F3N5O5S. The van der Waals surface area contributed by atoms with E-state index in [0.717, 1.165) is 17.0 Å². The van der Waals surface area contributed by atoms with E-state index in [1.165, 1.54) is 22.5 Å². The molecular weight excluding hydrogens is 611 g/mol. The number of fused-ring (bicyclic) bond motifs is 3. The Hall–Kier alpha value is -5.42. The number of rotatable bonds is 7. The van der Waals surface area contributed by atoms with Gasteiger partial charge in [-0.05, 0) is 55.5 Å². The van der Waals surface area contributed by atoms with E-state index in [0.29, 0.717) is 28.6 Å². The first-order valence-corrected chi connectivity index (χ1v) is 14.3. The lowest BCUT2D eigenvalue weighted by Crippen LogP contribution is -2.29. The number of ether oxygens (including phenoxy) is 1. The third kappa shape index (κ3) is 6.43. The van der Waals surface area contributed by atoms with Crippen LogP contribution in [-0.4, -0.2) is 40.0 Å². The minimum Gasteiger partial charge on any atom is -0.459 e. The van der Waals surface area contributed by atoms with Gasteiger partial charge in [0.25, 0.3) is 0 Å². The third-order valence-electron chi connectivity index (χ3n) is 6.65. The highest BCUT2D eigenvalue weighted by Crippen LogP contribution is 2.45. The van der Waals surface area contributed by atoms with Crippen LogP contribution in [0.4, 0.5) is 24.5 Å². The Morgan fingerprint density at radius 1 is 1.02 bits per heavy atom. The fraction of sp³-hybridized carbons (Fsp3) is 0.161. The molecule has 0 fully saturated rings. The van der Waals surface area contributed by atoms with Crippen LogP contribution >= 0.6 is 11.8 Å². The Labute approximate surface area is 258 Å². The van der Waals surface area contributed by atoms with Gasteiger partial charge in [-0.15, -0.1) is 11.8 Å².